The van der Waals surface area contributed by atoms with Gasteiger partial charge in [0.1, 0.15) is 11.3 Å². The number of hydrogen-bond acceptors (Lipinski definition) is 5. The minimum atomic E-state index is -1.02. The number of amides is 4. The van der Waals surface area contributed by atoms with E-state index in [4.69, 9.17) is 10.00 Å². The number of nitrogens with one attached hydrogen (secondary N) is 2. The standard InChI is InChI=1S/C15H16N4O4/c1-3-15(2)13(21)19(14(22)17-15)18-12(20)9-23-11-6-4-10(8-16)5-7-11/h4-7H,3,9H2,1-2H3,(H,17,22)(H,18,20). The summed E-state index contributed by atoms with van der Waals surface area (Å²) in [5.74, 6) is -0.760. The van der Waals surface area contributed by atoms with Gasteiger partial charge in [0.15, 0.2) is 6.61 Å². The molecular weight excluding hydrogens is 300 g/mol. The van der Waals surface area contributed by atoms with Gasteiger partial charge in [0.2, 0.25) is 0 Å². The molecule has 0 aliphatic carbocycles. The summed E-state index contributed by atoms with van der Waals surface area (Å²) in [4.78, 5) is 35.7. The zero-order valence-corrected chi connectivity index (χ0v) is 12.8. The predicted octanol–water partition coefficient (Wildman–Crippen LogP) is 0.689. The highest BCUT2D eigenvalue weighted by Crippen LogP contribution is 2.19. The van der Waals surface area contributed by atoms with Gasteiger partial charge in [-0.25, -0.2) is 4.79 Å². The second-order valence-corrected chi connectivity index (χ2v) is 5.22. The van der Waals surface area contributed by atoms with Gasteiger partial charge in [0.25, 0.3) is 11.8 Å². The molecule has 0 spiro atoms. The van der Waals surface area contributed by atoms with Crippen LogP contribution >= 0.6 is 0 Å². The minimum absolute atomic E-state index is 0.369. The molecule has 0 aromatic heterocycles. The van der Waals surface area contributed by atoms with E-state index in [0.717, 1.165) is 0 Å². The van der Waals surface area contributed by atoms with E-state index in [1.54, 1.807) is 38.1 Å². The van der Waals surface area contributed by atoms with Gasteiger partial charge >= 0.3 is 6.03 Å². The van der Waals surface area contributed by atoms with Gasteiger partial charge in [0, 0.05) is 0 Å². The summed E-state index contributed by atoms with van der Waals surface area (Å²) >= 11 is 0. The molecule has 0 saturated carbocycles. The Morgan fingerprint density at radius 2 is 2.04 bits per heavy atom. The molecule has 8 nitrogen and oxygen atoms in total. The summed E-state index contributed by atoms with van der Waals surface area (Å²) in [7, 11) is 0. The zero-order chi connectivity index (χ0) is 17.0. The van der Waals surface area contributed by atoms with Crippen molar-refractivity contribution in [3.05, 3.63) is 29.8 Å². The Kier molecular flexibility index (Phi) is 4.50. The number of urea groups is 1. The molecule has 4 amide bonds. The number of hydrogen-bond donors (Lipinski definition) is 2. The minimum Gasteiger partial charge on any atom is -0.484 e. The maximum Gasteiger partial charge on any atom is 0.344 e. The number of nitrogens with zero attached hydrogens (tertiary/aromatic N) is 2. The molecule has 1 aromatic rings. The summed E-state index contributed by atoms with van der Waals surface area (Å²) in [6.07, 6.45) is 0.408. The molecule has 8 heteroatoms. The molecule has 2 N–H and O–H groups in total. The summed E-state index contributed by atoms with van der Waals surface area (Å²) in [6.45, 7) is 2.98. The maximum atomic E-state index is 12.1. The molecule has 120 valence electrons. The average molecular weight is 316 g/mol. The average Bonchev–Trinajstić information content (AvgIpc) is 2.77. The molecule has 2 rings (SSSR count). The van der Waals surface area contributed by atoms with Crippen LogP contribution in [-0.4, -0.2) is 35.0 Å². The Labute approximate surface area is 133 Å². The van der Waals surface area contributed by atoms with Crippen LogP contribution in [0.2, 0.25) is 0 Å². The van der Waals surface area contributed by atoms with Crippen molar-refractivity contribution in [3.8, 4) is 11.8 Å². The molecule has 23 heavy (non-hydrogen) atoms. The van der Waals surface area contributed by atoms with E-state index >= 15 is 0 Å². The van der Waals surface area contributed by atoms with Crippen molar-refractivity contribution in [1.29, 1.82) is 5.26 Å². The molecule has 1 aromatic carbocycles. The van der Waals surface area contributed by atoms with Crippen molar-refractivity contribution in [2.24, 2.45) is 0 Å². The first-order chi connectivity index (χ1) is 10.9. The third-order valence-electron chi connectivity index (χ3n) is 3.56. The van der Waals surface area contributed by atoms with E-state index in [1.165, 1.54) is 0 Å². The van der Waals surface area contributed by atoms with Crippen LogP contribution in [0.1, 0.15) is 25.8 Å². The third kappa shape index (κ3) is 3.40. The quantitative estimate of drug-likeness (QED) is 0.776. The van der Waals surface area contributed by atoms with Gasteiger partial charge < -0.3 is 10.1 Å². The van der Waals surface area contributed by atoms with Crippen molar-refractivity contribution in [2.45, 2.75) is 25.8 Å². The Balaban J connectivity index is 1.91. The van der Waals surface area contributed by atoms with Gasteiger partial charge in [0.05, 0.1) is 11.6 Å². The molecule has 0 bridgehead atoms. The number of hydrazine groups is 1. The normalized spacial score (nSPS) is 20.0. The SMILES string of the molecule is CCC1(C)NC(=O)N(NC(=O)COc2ccc(C#N)cc2)C1=O. The van der Waals surface area contributed by atoms with Crippen molar-refractivity contribution in [2.75, 3.05) is 6.61 Å². The first kappa shape index (κ1) is 16.3. The molecule has 1 atom stereocenters. The fraction of sp³-hybridized carbons (Fsp3) is 0.333. The summed E-state index contributed by atoms with van der Waals surface area (Å²) in [5, 5.41) is 11.9. The first-order valence-electron chi connectivity index (χ1n) is 6.99. The molecule has 1 unspecified atom stereocenters. The van der Waals surface area contributed by atoms with Gasteiger partial charge in [-0.1, -0.05) is 6.92 Å². The molecule has 1 heterocycles. The lowest BCUT2D eigenvalue weighted by Gasteiger charge is -2.19. The van der Waals surface area contributed by atoms with Crippen LogP contribution in [0.25, 0.3) is 0 Å². The van der Waals surface area contributed by atoms with E-state index in [9.17, 15) is 14.4 Å². The lowest BCUT2D eigenvalue weighted by atomic mass is 10.00. The van der Waals surface area contributed by atoms with Gasteiger partial charge in [-0.2, -0.15) is 10.3 Å². The highest BCUT2D eigenvalue weighted by Gasteiger charge is 2.47. The number of carbonyl (C=O) groups is 3. The van der Waals surface area contributed by atoms with E-state index in [-0.39, 0.29) is 6.61 Å². The van der Waals surface area contributed by atoms with Crippen molar-refractivity contribution in [3.63, 3.8) is 0 Å². The molecule has 1 saturated heterocycles. The van der Waals surface area contributed by atoms with Gasteiger partial charge in [-0.3, -0.25) is 15.0 Å². The van der Waals surface area contributed by atoms with Crippen LogP contribution < -0.4 is 15.5 Å². The Bertz CT molecular complexity index is 680. The van der Waals surface area contributed by atoms with Crippen molar-refractivity contribution >= 4 is 17.8 Å². The van der Waals surface area contributed by atoms with Crippen LogP contribution in [0, 0.1) is 11.3 Å². The van der Waals surface area contributed by atoms with Crippen molar-refractivity contribution in [1.82, 2.24) is 15.8 Å². The second-order valence-electron chi connectivity index (χ2n) is 5.22. The van der Waals surface area contributed by atoms with Crippen LogP contribution in [0.5, 0.6) is 5.75 Å². The second kappa shape index (κ2) is 6.36. The van der Waals surface area contributed by atoms with Gasteiger partial charge in [-0.05, 0) is 37.6 Å². The summed E-state index contributed by atoms with van der Waals surface area (Å²) in [5.41, 5.74) is 1.67. The Morgan fingerprint density at radius 1 is 1.39 bits per heavy atom. The first-order valence-corrected chi connectivity index (χ1v) is 6.99. The van der Waals surface area contributed by atoms with Crippen LogP contribution in [0.4, 0.5) is 4.79 Å². The molecule has 1 aliphatic heterocycles. The lowest BCUT2D eigenvalue weighted by Crippen LogP contribution is -2.49. The maximum absolute atomic E-state index is 12.1. The number of imide groups is 1. The molecular formula is C15H16N4O4. The topological polar surface area (TPSA) is 112 Å². The lowest BCUT2D eigenvalue weighted by molar-refractivity contribution is -0.139. The monoisotopic (exact) mass is 316 g/mol. The van der Waals surface area contributed by atoms with E-state index in [0.29, 0.717) is 22.7 Å². The van der Waals surface area contributed by atoms with E-state index in [1.807, 2.05) is 6.07 Å². The van der Waals surface area contributed by atoms with Crippen LogP contribution in [0.3, 0.4) is 0 Å². The molecule has 1 fully saturated rings. The fourth-order valence-electron chi connectivity index (χ4n) is 1.96. The predicted molar refractivity (Wildman–Crippen MR) is 78.9 cm³/mol. The number of rotatable bonds is 5. The smallest absolute Gasteiger partial charge is 0.344 e. The fourth-order valence-corrected chi connectivity index (χ4v) is 1.96. The van der Waals surface area contributed by atoms with Crippen molar-refractivity contribution < 1.29 is 19.1 Å². The van der Waals surface area contributed by atoms with Crippen LogP contribution in [0.15, 0.2) is 24.3 Å². The Morgan fingerprint density at radius 3 is 2.57 bits per heavy atom. The molecule has 1 aliphatic rings. The van der Waals surface area contributed by atoms with Gasteiger partial charge in [-0.15, -0.1) is 0 Å². The number of carbonyl (C=O) groups excluding carboxylic acids is 3. The van der Waals surface area contributed by atoms with Crippen LogP contribution in [-0.2, 0) is 9.59 Å². The number of nitriles is 1. The summed E-state index contributed by atoms with van der Waals surface area (Å²) in [6, 6.07) is 7.50. The zero-order valence-electron chi connectivity index (χ0n) is 12.8. The van der Waals surface area contributed by atoms with E-state index in [2.05, 4.69) is 10.7 Å². The third-order valence-corrected chi connectivity index (χ3v) is 3.56. The Hall–Kier alpha value is -3.08. The largest absolute Gasteiger partial charge is 0.484 e. The number of benzene rings is 1. The highest BCUT2D eigenvalue weighted by molar-refractivity contribution is 6.07. The highest BCUT2D eigenvalue weighted by atomic mass is 16.5. The summed E-state index contributed by atoms with van der Waals surface area (Å²) < 4.78 is 5.24. The number of ether oxygens (including phenoxy) is 1. The van der Waals surface area contributed by atoms with E-state index < -0.39 is 23.4 Å². The molecule has 0 radical (unpaired) electrons.